The Morgan fingerprint density at radius 1 is 1.09 bits per heavy atom. The lowest BCUT2D eigenvalue weighted by atomic mass is 10.1. The zero-order valence-electron chi connectivity index (χ0n) is 17.4. The van der Waals surface area contributed by atoms with Crippen molar-refractivity contribution in [1.82, 2.24) is 19.5 Å². The molecule has 2 aromatic carbocycles. The van der Waals surface area contributed by atoms with E-state index in [0.717, 1.165) is 23.1 Å². The molecule has 0 aliphatic rings. The van der Waals surface area contributed by atoms with Crippen LogP contribution in [0.1, 0.15) is 16.3 Å². The minimum atomic E-state index is -3.69. The van der Waals surface area contributed by atoms with E-state index in [-0.39, 0.29) is 18.5 Å². The first-order valence-corrected chi connectivity index (χ1v) is 12.5. The van der Waals surface area contributed by atoms with E-state index in [9.17, 15) is 18.0 Å². The molecule has 0 aliphatic carbocycles. The third-order valence-corrected chi connectivity index (χ3v) is 6.19. The molecule has 164 valence electrons. The van der Waals surface area contributed by atoms with Gasteiger partial charge in [-0.3, -0.25) is 14.3 Å². The molecule has 8 nitrogen and oxygen atoms in total. The van der Waals surface area contributed by atoms with Gasteiger partial charge in [-0.2, -0.15) is 5.10 Å². The molecule has 32 heavy (non-hydrogen) atoms. The van der Waals surface area contributed by atoms with E-state index >= 15 is 0 Å². The Bertz CT molecular complexity index is 1470. The zero-order valence-corrected chi connectivity index (χ0v) is 19.0. The molecule has 0 saturated carbocycles. The lowest BCUT2D eigenvalue weighted by Crippen LogP contribution is -2.32. The van der Waals surface area contributed by atoms with Crippen molar-refractivity contribution in [3.05, 3.63) is 80.5 Å². The number of carbonyl (C=O) groups is 1. The fourth-order valence-corrected chi connectivity index (χ4v) is 4.58. The lowest BCUT2D eigenvalue weighted by Gasteiger charge is -2.10. The molecule has 0 fully saturated rings. The van der Waals surface area contributed by atoms with Crippen LogP contribution in [0.25, 0.3) is 22.0 Å². The van der Waals surface area contributed by atoms with Gasteiger partial charge in [-0.05, 0) is 13.0 Å². The molecule has 0 radical (unpaired) electrons. The number of rotatable bonds is 6. The number of hydrogen-bond acceptors (Lipinski definition) is 7. The van der Waals surface area contributed by atoms with Crippen LogP contribution in [0.2, 0.25) is 0 Å². The summed E-state index contributed by atoms with van der Waals surface area (Å²) < 4.78 is 26.0. The molecule has 0 bridgehead atoms. The highest BCUT2D eigenvalue weighted by atomic mass is 32.2. The van der Waals surface area contributed by atoms with Crippen LogP contribution in [0, 0.1) is 6.92 Å². The fraction of sp³-hybridized carbons (Fsp3) is 0.182. The summed E-state index contributed by atoms with van der Waals surface area (Å²) in [4.78, 5) is 29.8. The molecule has 0 saturated heterocycles. The maximum absolute atomic E-state index is 13.0. The van der Waals surface area contributed by atoms with Crippen LogP contribution in [-0.2, 0) is 27.8 Å². The quantitative estimate of drug-likeness (QED) is 0.465. The third-order valence-electron chi connectivity index (χ3n) is 4.76. The molecule has 0 atom stereocenters. The van der Waals surface area contributed by atoms with Gasteiger partial charge in [0.05, 0.1) is 36.0 Å². The second-order valence-corrected chi connectivity index (χ2v) is 10.1. The van der Waals surface area contributed by atoms with Gasteiger partial charge in [0.2, 0.25) is 15.9 Å². The third kappa shape index (κ3) is 4.92. The molecule has 4 aromatic rings. The number of thiazole rings is 1. The van der Waals surface area contributed by atoms with Crippen LogP contribution in [0.3, 0.4) is 0 Å². The number of benzene rings is 2. The molecule has 1 N–H and O–H groups in total. The Labute approximate surface area is 188 Å². The molecule has 10 heteroatoms. The van der Waals surface area contributed by atoms with Crippen LogP contribution in [0.15, 0.2) is 58.7 Å². The summed E-state index contributed by atoms with van der Waals surface area (Å²) in [6, 6.07) is 14.8. The molecule has 1 amide bonds. The van der Waals surface area contributed by atoms with Crippen LogP contribution in [0.4, 0.5) is 0 Å². The van der Waals surface area contributed by atoms with Crippen molar-refractivity contribution in [2.45, 2.75) is 19.9 Å². The number of nitrogens with zero attached hydrogens (tertiary/aromatic N) is 3. The number of aromatic nitrogens is 3. The van der Waals surface area contributed by atoms with E-state index in [2.05, 4.69) is 10.1 Å². The molecular formula is C22H20N4O4S2. The minimum Gasteiger partial charge on any atom is -0.274 e. The van der Waals surface area contributed by atoms with Crippen molar-refractivity contribution >= 4 is 38.0 Å². The first kappa shape index (κ1) is 21.8. The van der Waals surface area contributed by atoms with E-state index in [1.54, 1.807) is 24.3 Å². The van der Waals surface area contributed by atoms with E-state index in [1.807, 2.05) is 41.3 Å². The maximum Gasteiger partial charge on any atom is 0.275 e. The van der Waals surface area contributed by atoms with E-state index in [0.29, 0.717) is 21.5 Å². The van der Waals surface area contributed by atoms with Crippen molar-refractivity contribution < 1.29 is 13.2 Å². The lowest BCUT2D eigenvalue weighted by molar-refractivity contribution is -0.118. The first-order valence-electron chi connectivity index (χ1n) is 9.70. The number of nitrogens with one attached hydrogen (secondary N) is 1. The van der Waals surface area contributed by atoms with Gasteiger partial charge in [-0.25, -0.2) is 18.1 Å². The molecule has 0 unspecified atom stereocenters. The van der Waals surface area contributed by atoms with Crippen molar-refractivity contribution in [2.24, 2.45) is 0 Å². The number of fused-ring (bicyclic) bond motifs is 1. The van der Waals surface area contributed by atoms with Crippen LogP contribution in [-0.4, -0.2) is 35.3 Å². The second-order valence-electron chi connectivity index (χ2n) is 7.42. The largest absolute Gasteiger partial charge is 0.275 e. The number of carbonyl (C=O) groups excluding carboxylic acids is 1. The van der Waals surface area contributed by atoms with E-state index < -0.39 is 15.9 Å². The summed E-state index contributed by atoms with van der Waals surface area (Å²) in [5.74, 6) is -0.716. The smallest absolute Gasteiger partial charge is 0.274 e. The van der Waals surface area contributed by atoms with Crippen molar-refractivity contribution in [2.75, 3.05) is 6.26 Å². The van der Waals surface area contributed by atoms with Gasteiger partial charge in [0.25, 0.3) is 5.56 Å². The SMILES string of the molecule is Cc1ccc(-c2csc(Cn3nc(CC(=O)NS(C)(=O)=O)c4ccccc4c3=O)n2)cc1. The molecule has 0 spiro atoms. The first-order chi connectivity index (χ1) is 15.2. The predicted molar refractivity (Wildman–Crippen MR) is 124 cm³/mol. The number of aryl methyl sites for hydroxylation is 1. The minimum absolute atomic E-state index is 0.140. The maximum atomic E-state index is 13.0. The van der Waals surface area contributed by atoms with Gasteiger partial charge in [-0.1, -0.05) is 48.0 Å². The van der Waals surface area contributed by atoms with Gasteiger partial charge in [0.1, 0.15) is 5.01 Å². The molecule has 4 rings (SSSR count). The van der Waals surface area contributed by atoms with Crippen LogP contribution < -0.4 is 10.3 Å². The summed E-state index contributed by atoms with van der Waals surface area (Å²) in [5, 5.41) is 7.90. The van der Waals surface area contributed by atoms with Gasteiger partial charge < -0.3 is 0 Å². The monoisotopic (exact) mass is 468 g/mol. The van der Waals surface area contributed by atoms with Gasteiger partial charge in [-0.15, -0.1) is 11.3 Å². The fourth-order valence-electron chi connectivity index (χ4n) is 3.31. The highest BCUT2D eigenvalue weighted by Crippen LogP contribution is 2.23. The van der Waals surface area contributed by atoms with E-state index in [4.69, 9.17) is 0 Å². The van der Waals surface area contributed by atoms with Crippen LogP contribution >= 0.6 is 11.3 Å². The molecule has 0 aliphatic heterocycles. The van der Waals surface area contributed by atoms with Gasteiger partial charge in [0, 0.05) is 16.3 Å². The summed E-state index contributed by atoms with van der Waals surface area (Å²) in [6.07, 6.45) is 0.631. The van der Waals surface area contributed by atoms with Gasteiger partial charge >= 0.3 is 0 Å². The van der Waals surface area contributed by atoms with Crippen molar-refractivity contribution in [1.29, 1.82) is 0 Å². The van der Waals surface area contributed by atoms with Crippen LogP contribution in [0.5, 0.6) is 0 Å². The van der Waals surface area contributed by atoms with Crippen molar-refractivity contribution in [3.8, 4) is 11.3 Å². The number of sulfonamides is 1. The Hall–Kier alpha value is -3.37. The zero-order chi connectivity index (χ0) is 22.9. The van der Waals surface area contributed by atoms with Crippen molar-refractivity contribution in [3.63, 3.8) is 0 Å². The average molecular weight is 469 g/mol. The number of hydrogen-bond donors (Lipinski definition) is 1. The second kappa shape index (κ2) is 8.64. The summed E-state index contributed by atoms with van der Waals surface area (Å²) >= 11 is 1.42. The predicted octanol–water partition coefficient (Wildman–Crippen LogP) is 2.50. The summed E-state index contributed by atoms with van der Waals surface area (Å²) in [6.45, 7) is 2.16. The Morgan fingerprint density at radius 3 is 2.47 bits per heavy atom. The Balaban J connectivity index is 1.69. The highest BCUT2D eigenvalue weighted by molar-refractivity contribution is 7.89. The summed E-state index contributed by atoms with van der Waals surface area (Å²) in [5.41, 5.74) is 2.96. The number of amides is 1. The topological polar surface area (TPSA) is 111 Å². The Kier molecular flexibility index (Phi) is 5.90. The molecule has 2 aromatic heterocycles. The highest BCUT2D eigenvalue weighted by Gasteiger charge is 2.17. The average Bonchev–Trinajstić information content (AvgIpc) is 3.19. The van der Waals surface area contributed by atoms with E-state index in [1.165, 1.54) is 16.0 Å². The standard InChI is InChI=1S/C22H20N4O4S2/c1-14-7-9-15(10-8-14)19-13-31-21(23-19)12-26-22(28)17-6-4-3-5-16(17)18(24-26)11-20(27)25-32(2,29)30/h3-10,13H,11-12H2,1-2H3,(H,25,27). The summed E-state index contributed by atoms with van der Waals surface area (Å²) in [7, 11) is -3.69. The normalized spacial score (nSPS) is 11.6. The Morgan fingerprint density at radius 2 is 1.78 bits per heavy atom. The van der Waals surface area contributed by atoms with Gasteiger partial charge in [0.15, 0.2) is 0 Å². The molecular weight excluding hydrogens is 448 g/mol. The molecule has 2 heterocycles.